The maximum Gasteiger partial charge on any atom is 0.335 e. The normalized spacial score (nSPS) is 11.2. The van der Waals surface area contributed by atoms with Crippen LogP contribution in [-0.2, 0) is 10.0 Å². The number of aryl methyl sites for hydroxylation is 1. The summed E-state index contributed by atoms with van der Waals surface area (Å²) in [6.07, 6.45) is 0. The summed E-state index contributed by atoms with van der Waals surface area (Å²) in [6.45, 7) is 1.83. The summed E-state index contributed by atoms with van der Waals surface area (Å²) in [5.74, 6) is 0.00607. The zero-order valence-electron chi connectivity index (χ0n) is 13.6. The van der Waals surface area contributed by atoms with Crippen molar-refractivity contribution in [2.75, 3.05) is 5.32 Å². The Kier molecular flexibility index (Phi) is 4.97. The number of urea groups is 1. The fourth-order valence-corrected chi connectivity index (χ4v) is 3.16. The van der Waals surface area contributed by atoms with Crippen molar-refractivity contribution >= 4 is 33.5 Å². The molecule has 9 heteroatoms. The van der Waals surface area contributed by atoms with Gasteiger partial charge in [0.1, 0.15) is 5.69 Å². The monoisotopic (exact) mass is 391 g/mol. The number of halogens is 1. The molecule has 0 aliphatic heterocycles. The standard InChI is InChI=1S/C17H14ClN3O4S/c1-11-2-8-14(9-3-11)26(23,24)21-17(22)19-16-10-15(20-25-16)12-4-6-13(18)7-5-12/h2-10H,1H3,(H2,19,21,22). The molecule has 0 bridgehead atoms. The van der Waals surface area contributed by atoms with Crippen LogP contribution in [0.4, 0.5) is 10.7 Å². The number of anilines is 1. The van der Waals surface area contributed by atoms with Crippen molar-refractivity contribution in [3.63, 3.8) is 0 Å². The molecule has 2 amide bonds. The smallest absolute Gasteiger partial charge is 0.335 e. The third kappa shape index (κ3) is 4.22. The Hall–Kier alpha value is -2.84. The minimum absolute atomic E-state index is 0.00607. The molecule has 1 aromatic heterocycles. The first-order chi connectivity index (χ1) is 12.3. The lowest BCUT2D eigenvalue weighted by Crippen LogP contribution is -2.34. The van der Waals surface area contributed by atoms with Crippen molar-refractivity contribution in [1.29, 1.82) is 0 Å². The van der Waals surface area contributed by atoms with Crippen LogP contribution in [0.2, 0.25) is 5.02 Å². The van der Waals surface area contributed by atoms with Gasteiger partial charge in [-0.3, -0.25) is 5.32 Å². The van der Waals surface area contributed by atoms with Crippen molar-refractivity contribution in [1.82, 2.24) is 9.88 Å². The lowest BCUT2D eigenvalue weighted by Gasteiger charge is -2.06. The Morgan fingerprint density at radius 2 is 1.73 bits per heavy atom. The molecule has 7 nitrogen and oxygen atoms in total. The summed E-state index contributed by atoms with van der Waals surface area (Å²) < 4.78 is 31.3. The number of rotatable bonds is 4. The van der Waals surface area contributed by atoms with Crippen LogP contribution in [0.5, 0.6) is 0 Å². The summed E-state index contributed by atoms with van der Waals surface area (Å²) in [5.41, 5.74) is 2.11. The highest BCUT2D eigenvalue weighted by Crippen LogP contribution is 2.23. The first-order valence-electron chi connectivity index (χ1n) is 7.47. The highest BCUT2D eigenvalue weighted by molar-refractivity contribution is 7.90. The third-order valence-corrected chi connectivity index (χ3v) is 5.04. The number of carbonyl (C=O) groups is 1. The van der Waals surface area contributed by atoms with Gasteiger partial charge in [0.05, 0.1) is 4.90 Å². The molecule has 0 radical (unpaired) electrons. The number of aromatic nitrogens is 1. The van der Waals surface area contributed by atoms with Gasteiger partial charge in [-0.2, -0.15) is 0 Å². The average Bonchev–Trinajstić information content (AvgIpc) is 3.03. The largest absolute Gasteiger partial charge is 0.338 e. The van der Waals surface area contributed by atoms with Crippen molar-refractivity contribution in [3.8, 4) is 11.3 Å². The van der Waals surface area contributed by atoms with Gasteiger partial charge in [-0.15, -0.1) is 0 Å². The second kappa shape index (κ2) is 7.19. The van der Waals surface area contributed by atoms with E-state index in [4.69, 9.17) is 16.1 Å². The summed E-state index contributed by atoms with van der Waals surface area (Å²) in [5, 5.41) is 6.70. The van der Waals surface area contributed by atoms with Crippen LogP contribution in [0.15, 0.2) is 64.0 Å². The summed E-state index contributed by atoms with van der Waals surface area (Å²) in [4.78, 5) is 11.9. The van der Waals surface area contributed by atoms with Gasteiger partial charge in [-0.05, 0) is 31.2 Å². The molecule has 0 saturated heterocycles. The van der Waals surface area contributed by atoms with Crippen LogP contribution >= 0.6 is 11.6 Å². The van der Waals surface area contributed by atoms with Crippen molar-refractivity contribution in [2.24, 2.45) is 0 Å². The van der Waals surface area contributed by atoms with Crippen molar-refractivity contribution < 1.29 is 17.7 Å². The minimum Gasteiger partial charge on any atom is -0.338 e. The zero-order valence-corrected chi connectivity index (χ0v) is 15.1. The van der Waals surface area contributed by atoms with Gasteiger partial charge in [0.2, 0.25) is 5.88 Å². The summed E-state index contributed by atoms with van der Waals surface area (Å²) >= 11 is 5.83. The molecule has 0 saturated carbocycles. The Balaban J connectivity index is 1.68. The van der Waals surface area contributed by atoms with Gasteiger partial charge in [0.25, 0.3) is 10.0 Å². The fraction of sp³-hybridized carbons (Fsp3) is 0.0588. The molecule has 0 aliphatic carbocycles. The number of nitrogens with zero attached hydrogens (tertiary/aromatic N) is 1. The van der Waals surface area contributed by atoms with Crippen LogP contribution in [0, 0.1) is 6.92 Å². The molecule has 3 rings (SSSR count). The molecule has 3 aromatic rings. The minimum atomic E-state index is -3.99. The number of hydrogen-bond acceptors (Lipinski definition) is 5. The molecule has 0 atom stereocenters. The Bertz CT molecular complexity index is 1030. The maximum absolute atomic E-state index is 12.2. The number of hydrogen-bond donors (Lipinski definition) is 2. The average molecular weight is 392 g/mol. The van der Waals surface area contributed by atoms with E-state index in [2.05, 4.69) is 10.5 Å². The van der Waals surface area contributed by atoms with Crippen LogP contribution in [0.1, 0.15) is 5.56 Å². The second-order valence-electron chi connectivity index (χ2n) is 5.46. The van der Waals surface area contributed by atoms with Gasteiger partial charge < -0.3 is 4.52 Å². The quantitative estimate of drug-likeness (QED) is 0.704. The Morgan fingerprint density at radius 1 is 1.08 bits per heavy atom. The molecule has 0 spiro atoms. The van der Waals surface area contributed by atoms with Crippen LogP contribution in [0.25, 0.3) is 11.3 Å². The Labute approximate surface area is 155 Å². The first kappa shape index (κ1) is 18.0. The van der Waals surface area contributed by atoms with E-state index in [1.54, 1.807) is 36.4 Å². The summed E-state index contributed by atoms with van der Waals surface area (Å²) in [7, 11) is -3.99. The number of carbonyl (C=O) groups excluding carboxylic acids is 1. The van der Waals surface area contributed by atoms with Crippen LogP contribution in [0.3, 0.4) is 0 Å². The highest BCUT2D eigenvalue weighted by atomic mass is 35.5. The maximum atomic E-state index is 12.2. The molecular weight excluding hydrogens is 378 g/mol. The van der Waals surface area contributed by atoms with E-state index in [9.17, 15) is 13.2 Å². The number of benzene rings is 2. The van der Waals surface area contributed by atoms with Crippen molar-refractivity contribution in [2.45, 2.75) is 11.8 Å². The molecule has 2 aromatic carbocycles. The van der Waals surface area contributed by atoms with Gasteiger partial charge >= 0.3 is 6.03 Å². The molecule has 26 heavy (non-hydrogen) atoms. The van der Waals surface area contributed by atoms with E-state index in [0.717, 1.165) is 11.1 Å². The van der Waals surface area contributed by atoms with E-state index in [0.29, 0.717) is 10.7 Å². The predicted molar refractivity (Wildman–Crippen MR) is 97.5 cm³/mol. The summed E-state index contributed by atoms with van der Waals surface area (Å²) in [6, 6.07) is 13.5. The molecule has 1 heterocycles. The van der Waals surface area contributed by atoms with Gasteiger partial charge in [0, 0.05) is 16.7 Å². The van der Waals surface area contributed by atoms with E-state index in [1.165, 1.54) is 18.2 Å². The van der Waals surface area contributed by atoms with Crippen LogP contribution in [-0.4, -0.2) is 19.6 Å². The van der Waals surface area contributed by atoms with E-state index >= 15 is 0 Å². The predicted octanol–water partition coefficient (Wildman–Crippen LogP) is 3.81. The van der Waals surface area contributed by atoms with E-state index < -0.39 is 16.1 Å². The fourth-order valence-electron chi connectivity index (χ4n) is 2.13. The van der Waals surface area contributed by atoms with Gasteiger partial charge in [-0.1, -0.05) is 46.6 Å². The molecular formula is C17H14ClN3O4S. The number of nitrogens with one attached hydrogen (secondary N) is 2. The SMILES string of the molecule is Cc1ccc(S(=O)(=O)NC(=O)Nc2cc(-c3ccc(Cl)cc3)no2)cc1. The lowest BCUT2D eigenvalue weighted by atomic mass is 10.1. The lowest BCUT2D eigenvalue weighted by molar-refractivity contribution is 0.255. The topological polar surface area (TPSA) is 101 Å². The van der Waals surface area contributed by atoms with E-state index in [-0.39, 0.29) is 10.8 Å². The first-order valence-corrected chi connectivity index (χ1v) is 9.33. The molecule has 0 fully saturated rings. The van der Waals surface area contributed by atoms with Gasteiger partial charge in [-0.25, -0.2) is 17.9 Å². The van der Waals surface area contributed by atoms with E-state index in [1.807, 2.05) is 11.6 Å². The molecule has 2 N–H and O–H groups in total. The zero-order chi connectivity index (χ0) is 18.7. The highest BCUT2D eigenvalue weighted by Gasteiger charge is 2.18. The number of sulfonamides is 1. The Morgan fingerprint density at radius 3 is 2.38 bits per heavy atom. The second-order valence-corrected chi connectivity index (χ2v) is 7.57. The third-order valence-electron chi connectivity index (χ3n) is 3.45. The molecule has 134 valence electrons. The molecule has 0 aliphatic rings. The van der Waals surface area contributed by atoms with Crippen LogP contribution < -0.4 is 10.0 Å². The van der Waals surface area contributed by atoms with Gasteiger partial charge in [0.15, 0.2) is 0 Å². The molecule has 0 unspecified atom stereocenters. The van der Waals surface area contributed by atoms with Crippen molar-refractivity contribution in [3.05, 3.63) is 65.2 Å². The number of amides is 2.